The number of hydrogen-bond acceptors (Lipinski definition) is 4. The highest BCUT2D eigenvalue weighted by Crippen LogP contribution is 2.30. The molecule has 0 saturated carbocycles. The molecule has 1 saturated heterocycles. The average molecular weight is 348 g/mol. The van der Waals surface area contributed by atoms with E-state index in [4.69, 9.17) is 9.15 Å². The fourth-order valence-corrected chi connectivity index (χ4v) is 3.43. The van der Waals surface area contributed by atoms with Crippen molar-refractivity contribution in [1.82, 2.24) is 10.2 Å². The van der Waals surface area contributed by atoms with Crippen LogP contribution >= 0.6 is 0 Å². The Morgan fingerprint density at radius 1 is 0.923 bits per heavy atom. The predicted molar refractivity (Wildman–Crippen MR) is 102 cm³/mol. The second-order valence-electron chi connectivity index (χ2n) is 6.55. The summed E-state index contributed by atoms with van der Waals surface area (Å²) in [7, 11) is 0. The first-order chi connectivity index (χ1) is 12.9. The zero-order valence-corrected chi connectivity index (χ0v) is 14.8. The van der Waals surface area contributed by atoms with Gasteiger partial charge >= 0.3 is 0 Å². The third kappa shape index (κ3) is 3.98. The Labute approximate surface area is 154 Å². The van der Waals surface area contributed by atoms with Gasteiger partial charge in [-0.3, -0.25) is 4.90 Å². The lowest BCUT2D eigenvalue weighted by molar-refractivity contribution is 0.180. The Morgan fingerprint density at radius 3 is 2.38 bits per heavy atom. The lowest BCUT2D eigenvalue weighted by atomic mass is 10.0. The summed E-state index contributed by atoms with van der Waals surface area (Å²) in [5, 5.41) is 3.42. The lowest BCUT2D eigenvalue weighted by Gasteiger charge is -2.34. The number of nitrogens with zero attached hydrogens (tertiary/aromatic N) is 1. The summed E-state index contributed by atoms with van der Waals surface area (Å²) < 4.78 is 11.7. The average Bonchev–Trinajstić information content (AvgIpc) is 3.23. The first-order valence-corrected chi connectivity index (χ1v) is 9.15. The Hall–Kier alpha value is -2.56. The maximum absolute atomic E-state index is 5.92. The normalized spacial score (nSPS) is 16.3. The molecule has 0 radical (unpaired) electrons. The van der Waals surface area contributed by atoms with Crippen LogP contribution in [-0.2, 0) is 6.61 Å². The first kappa shape index (κ1) is 16.9. The van der Waals surface area contributed by atoms with E-state index in [1.807, 2.05) is 24.3 Å². The standard InChI is InChI=1S/C22H24N2O2/c1-2-5-18(6-3-1)17-26-20-10-8-19(9-11-20)22(21-7-4-16-25-21)24-14-12-23-13-15-24/h1-11,16,22-23H,12-15,17H2. The third-order valence-electron chi connectivity index (χ3n) is 4.77. The van der Waals surface area contributed by atoms with E-state index < -0.39 is 0 Å². The monoisotopic (exact) mass is 348 g/mol. The van der Waals surface area contributed by atoms with Crippen LogP contribution in [0.5, 0.6) is 5.75 Å². The minimum atomic E-state index is 0.148. The Kier molecular flexibility index (Phi) is 5.33. The van der Waals surface area contributed by atoms with E-state index in [1.54, 1.807) is 6.26 Å². The molecule has 1 aliphatic heterocycles. The van der Waals surface area contributed by atoms with Gasteiger partial charge in [-0.2, -0.15) is 0 Å². The van der Waals surface area contributed by atoms with E-state index in [0.717, 1.165) is 37.7 Å². The number of rotatable bonds is 6. The van der Waals surface area contributed by atoms with E-state index in [0.29, 0.717) is 6.61 Å². The molecule has 0 spiro atoms. The topological polar surface area (TPSA) is 37.6 Å². The van der Waals surface area contributed by atoms with E-state index >= 15 is 0 Å². The van der Waals surface area contributed by atoms with Crippen LogP contribution in [-0.4, -0.2) is 31.1 Å². The van der Waals surface area contributed by atoms with Crippen LogP contribution in [0.1, 0.15) is 22.9 Å². The minimum absolute atomic E-state index is 0.148. The second-order valence-corrected chi connectivity index (χ2v) is 6.55. The summed E-state index contributed by atoms with van der Waals surface area (Å²) >= 11 is 0. The molecule has 26 heavy (non-hydrogen) atoms. The van der Waals surface area contributed by atoms with Gasteiger partial charge in [-0.15, -0.1) is 0 Å². The minimum Gasteiger partial charge on any atom is -0.489 e. The molecule has 4 nitrogen and oxygen atoms in total. The quantitative estimate of drug-likeness (QED) is 0.734. The summed E-state index contributed by atoms with van der Waals surface area (Å²) in [6.45, 7) is 4.62. The summed E-state index contributed by atoms with van der Waals surface area (Å²) in [6.07, 6.45) is 1.75. The molecule has 134 valence electrons. The van der Waals surface area contributed by atoms with E-state index in [1.165, 1.54) is 11.1 Å². The molecule has 0 aliphatic carbocycles. The van der Waals surface area contributed by atoms with Gasteiger partial charge in [0.05, 0.1) is 12.3 Å². The molecular formula is C22H24N2O2. The zero-order chi connectivity index (χ0) is 17.6. The molecule has 1 atom stereocenters. The lowest BCUT2D eigenvalue weighted by Crippen LogP contribution is -2.45. The van der Waals surface area contributed by atoms with Gasteiger partial charge in [0.25, 0.3) is 0 Å². The first-order valence-electron chi connectivity index (χ1n) is 9.15. The maximum atomic E-state index is 5.92. The van der Waals surface area contributed by atoms with Crippen molar-refractivity contribution in [2.45, 2.75) is 12.6 Å². The van der Waals surface area contributed by atoms with Crippen molar-refractivity contribution in [2.24, 2.45) is 0 Å². The van der Waals surface area contributed by atoms with Crippen molar-refractivity contribution in [1.29, 1.82) is 0 Å². The van der Waals surface area contributed by atoms with Gasteiger partial charge in [0, 0.05) is 26.2 Å². The largest absolute Gasteiger partial charge is 0.489 e. The molecule has 0 amide bonds. The number of nitrogens with one attached hydrogen (secondary N) is 1. The number of furan rings is 1. The molecule has 1 unspecified atom stereocenters. The Bertz CT molecular complexity index is 779. The molecule has 2 heterocycles. The molecule has 1 N–H and O–H groups in total. The molecular weight excluding hydrogens is 324 g/mol. The van der Waals surface area contributed by atoms with Crippen molar-refractivity contribution in [3.05, 3.63) is 89.9 Å². The summed E-state index contributed by atoms with van der Waals surface area (Å²) in [5.74, 6) is 1.88. The highest BCUT2D eigenvalue weighted by atomic mass is 16.5. The summed E-state index contributed by atoms with van der Waals surface area (Å²) in [5.41, 5.74) is 2.40. The van der Waals surface area contributed by atoms with Crippen LogP contribution in [0.25, 0.3) is 0 Å². The third-order valence-corrected chi connectivity index (χ3v) is 4.77. The van der Waals surface area contributed by atoms with Gasteiger partial charge in [-0.05, 0) is 35.4 Å². The van der Waals surface area contributed by atoms with E-state index in [-0.39, 0.29) is 6.04 Å². The fraction of sp³-hybridized carbons (Fsp3) is 0.273. The summed E-state index contributed by atoms with van der Waals surface area (Å²) in [6, 6.07) is 22.8. The number of piperazine rings is 1. The molecule has 1 fully saturated rings. The van der Waals surface area contributed by atoms with Gasteiger partial charge in [0.15, 0.2) is 0 Å². The van der Waals surface area contributed by atoms with E-state index in [2.05, 4.69) is 52.7 Å². The summed E-state index contributed by atoms with van der Waals surface area (Å²) in [4.78, 5) is 2.47. The predicted octanol–water partition coefficient (Wildman–Crippen LogP) is 3.85. The maximum Gasteiger partial charge on any atom is 0.125 e. The van der Waals surface area contributed by atoms with Gasteiger partial charge in [0.1, 0.15) is 18.1 Å². The Morgan fingerprint density at radius 2 is 1.69 bits per heavy atom. The van der Waals surface area contributed by atoms with Crippen LogP contribution in [0.3, 0.4) is 0 Å². The molecule has 0 bridgehead atoms. The highest BCUT2D eigenvalue weighted by molar-refractivity contribution is 5.33. The van der Waals surface area contributed by atoms with Crippen molar-refractivity contribution >= 4 is 0 Å². The van der Waals surface area contributed by atoms with Gasteiger partial charge in [-0.25, -0.2) is 0 Å². The van der Waals surface area contributed by atoms with E-state index in [9.17, 15) is 0 Å². The highest BCUT2D eigenvalue weighted by Gasteiger charge is 2.25. The van der Waals surface area contributed by atoms with Crippen molar-refractivity contribution < 1.29 is 9.15 Å². The van der Waals surface area contributed by atoms with Crippen LogP contribution in [0.4, 0.5) is 0 Å². The van der Waals surface area contributed by atoms with Crippen LogP contribution in [0.2, 0.25) is 0 Å². The Balaban J connectivity index is 1.49. The molecule has 2 aromatic carbocycles. The zero-order valence-electron chi connectivity index (χ0n) is 14.8. The van der Waals surface area contributed by atoms with Crippen LogP contribution in [0, 0.1) is 0 Å². The smallest absolute Gasteiger partial charge is 0.125 e. The van der Waals surface area contributed by atoms with Crippen molar-refractivity contribution in [3.63, 3.8) is 0 Å². The van der Waals surface area contributed by atoms with Gasteiger partial charge < -0.3 is 14.5 Å². The van der Waals surface area contributed by atoms with Crippen molar-refractivity contribution in [3.8, 4) is 5.75 Å². The number of ether oxygens (including phenoxy) is 1. The van der Waals surface area contributed by atoms with Gasteiger partial charge in [-0.1, -0.05) is 42.5 Å². The SMILES string of the molecule is c1ccc(COc2ccc(C(c3ccco3)N3CCNCC3)cc2)cc1. The van der Waals surface area contributed by atoms with Crippen LogP contribution < -0.4 is 10.1 Å². The second kappa shape index (κ2) is 8.21. The fourth-order valence-electron chi connectivity index (χ4n) is 3.43. The van der Waals surface area contributed by atoms with Crippen LogP contribution in [0.15, 0.2) is 77.4 Å². The number of hydrogen-bond donors (Lipinski definition) is 1. The van der Waals surface area contributed by atoms with Crippen molar-refractivity contribution in [2.75, 3.05) is 26.2 Å². The number of benzene rings is 2. The van der Waals surface area contributed by atoms with Gasteiger partial charge in [0.2, 0.25) is 0 Å². The molecule has 3 aromatic rings. The molecule has 1 aromatic heterocycles. The molecule has 1 aliphatic rings. The molecule has 4 rings (SSSR count). The molecule has 4 heteroatoms.